The molecule has 0 unspecified atom stereocenters. The van der Waals surface area contributed by atoms with Crippen LogP contribution >= 0.6 is 0 Å². The molecule has 0 aliphatic carbocycles. The molecule has 0 saturated heterocycles. The van der Waals surface area contributed by atoms with E-state index in [1.807, 2.05) is 20.8 Å². The van der Waals surface area contributed by atoms with E-state index in [4.69, 9.17) is 4.74 Å². The summed E-state index contributed by atoms with van der Waals surface area (Å²) in [6.45, 7) is 6.16. The van der Waals surface area contributed by atoms with Crippen molar-refractivity contribution in [1.29, 1.82) is 0 Å². The molecule has 0 fully saturated rings. The minimum Gasteiger partial charge on any atom is -0.487 e. The van der Waals surface area contributed by atoms with Crippen molar-refractivity contribution in [3.05, 3.63) is 28.3 Å². The van der Waals surface area contributed by atoms with Gasteiger partial charge in [0.2, 0.25) is 0 Å². The van der Waals surface area contributed by atoms with Gasteiger partial charge >= 0.3 is 5.69 Å². The first-order valence-electron chi connectivity index (χ1n) is 6.78. The topological polar surface area (TPSA) is 84.6 Å². The molecule has 6 nitrogen and oxygen atoms in total. The van der Waals surface area contributed by atoms with E-state index in [2.05, 4.69) is 5.32 Å². The molecule has 1 aromatic rings. The van der Waals surface area contributed by atoms with Crippen molar-refractivity contribution in [3.63, 3.8) is 0 Å². The fraction of sp³-hybridized carbons (Fsp3) is 0.571. The number of hydrogen-bond acceptors (Lipinski definition) is 5. The molecule has 0 bridgehead atoms. The number of hydrogen-bond donors (Lipinski definition) is 2. The predicted octanol–water partition coefficient (Wildman–Crippen LogP) is 2.81. The van der Waals surface area contributed by atoms with Crippen LogP contribution in [0.3, 0.4) is 0 Å². The molecule has 1 rings (SSSR count). The number of nitro benzene ring substituents is 1. The number of para-hydroxylation sites is 1. The maximum absolute atomic E-state index is 11.3. The van der Waals surface area contributed by atoms with Gasteiger partial charge in [-0.3, -0.25) is 10.1 Å². The van der Waals surface area contributed by atoms with Crippen molar-refractivity contribution in [3.8, 4) is 5.75 Å². The zero-order valence-electron chi connectivity index (χ0n) is 12.1. The SMILES string of the molecule is CCCOc1cccc(N[C@H](CO)C(C)C)c1[N+](=O)[O-]. The van der Waals surface area contributed by atoms with Gasteiger partial charge in [0.15, 0.2) is 5.75 Å². The molecule has 20 heavy (non-hydrogen) atoms. The summed E-state index contributed by atoms with van der Waals surface area (Å²) in [4.78, 5) is 10.8. The maximum Gasteiger partial charge on any atom is 0.333 e. The van der Waals surface area contributed by atoms with Crippen molar-refractivity contribution >= 4 is 11.4 Å². The van der Waals surface area contributed by atoms with Gasteiger partial charge in [0.1, 0.15) is 5.69 Å². The Kier molecular flexibility index (Phi) is 6.24. The zero-order chi connectivity index (χ0) is 15.1. The molecule has 0 aliphatic heterocycles. The molecule has 0 radical (unpaired) electrons. The molecule has 1 aromatic carbocycles. The molecule has 2 N–H and O–H groups in total. The van der Waals surface area contributed by atoms with Crippen LogP contribution in [0.25, 0.3) is 0 Å². The molecule has 6 heteroatoms. The van der Waals surface area contributed by atoms with Gasteiger partial charge in [-0.2, -0.15) is 0 Å². The molecule has 1 atom stereocenters. The van der Waals surface area contributed by atoms with E-state index in [0.717, 1.165) is 6.42 Å². The minimum atomic E-state index is -0.456. The van der Waals surface area contributed by atoms with E-state index in [1.165, 1.54) is 0 Å². The van der Waals surface area contributed by atoms with E-state index >= 15 is 0 Å². The summed E-state index contributed by atoms with van der Waals surface area (Å²) in [6.07, 6.45) is 0.778. The molecule has 0 amide bonds. The third-order valence-electron chi connectivity index (χ3n) is 2.99. The summed E-state index contributed by atoms with van der Waals surface area (Å²) in [5.41, 5.74) is 0.288. The molecule has 0 aliphatic rings. The van der Waals surface area contributed by atoms with Crippen LogP contribution in [0, 0.1) is 16.0 Å². The predicted molar refractivity (Wildman–Crippen MR) is 78.2 cm³/mol. The van der Waals surface area contributed by atoms with Gasteiger partial charge in [-0.1, -0.05) is 26.8 Å². The van der Waals surface area contributed by atoms with Gasteiger partial charge in [-0.05, 0) is 24.5 Å². The third kappa shape index (κ3) is 4.09. The number of nitro groups is 1. The van der Waals surface area contributed by atoms with Crippen LogP contribution in [-0.4, -0.2) is 29.3 Å². The molecule has 0 aromatic heterocycles. The molecule has 0 heterocycles. The van der Waals surface area contributed by atoms with E-state index in [0.29, 0.717) is 12.3 Å². The Bertz CT molecular complexity index is 449. The van der Waals surface area contributed by atoms with Gasteiger partial charge in [-0.15, -0.1) is 0 Å². The fourth-order valence-electron chi connectivity index (χ4n) is 1.78. The summed E-state index contributed by atoms with van der Waals surface area (Å²) in [6, 6.07) is 4.68. The summed E-state index contributed by atoms with van der Waals surface area (Å²) in [5, 5.41) is 23.6. The molecule has 0 saturated carbocycles. The van der Waals surface area contributed by atoms with Crippen molar-refractivity contribution in [1.82, 2.24) is 0 Å². The number of nitrogens with zero attached hydrogens (tertiary/aromatic N) is 1. The number of benzene rings is 1. The van der Waals surface area contributed by atoms with Crippen molar-refractivity contribution < 1.29 is 14.8 Å². The lowest BCUT2D eigenvalue weighted by atomic mass is 10.0. The van der Waals surface area contributed by atoms with Gasteiger partial charge in [-0.25, -0.2) is 0 Å². The normalized spacial score (nSPS) is 12.2. The third-order valence-corrected chi connectivity index (χ3v) is 2.99. The van der Waals surface area contributed by atoms with Crippen LogP contribution in [0.1, 0.15) is 27.2 Å². The highest BCUT2D eigenvalue weighted by molar-refractivity contribution is 5.68. The van der Waals surface area contributed by atoms with Crippen LogP contribution in [0.15, 0.2) is 18.2 Å². The minimum absolute atomic E-state index is 0.0833. The van der Waals surface area contributed by atoms with E-state index < -0.39 is 4.92 Å². The second-order valence-electron chi connectivity index (χ2n) is 4.94. The second kappa shape index (κ2) is 7.69. The summed E-state index contributed by atoms with van der Waals surface area (Å²) < 4.78 is 5.42. The number of ether oxygens (including phenoxy) is 1. The van der Waals surface area contributed by atoms with E-state index in [9.17, 15) is 15.2 Å². The lowest BCUT2D eigenvalue weighted by molar-refractivity contribution is -0.385. The number of nitrogens with one attached hydrogen (secondary N) is 1. The fourth-order valence-corrected chi connectivity index (χ4v) is 1.78. The monoisotopic (exact) mass is 282 g/mol. The lowest BCUT2D eigenvalue weighted by Crippen LogP contribution is -2.29. The zero-order valence-corrected chi connectivity index (χ0v) is 12.1. The Balaban J connectivity index is 3.08. The van der Waals surface area contributed by atoms with Crippen molar-refractivity contribution in [2.45, 2.75) is 33.2 Å². The quantitative estimate of drug-likeness (QED) is 0.565. The molecule has 112 valence electrons. The van der Waals surface area contributed by atoms with E-state index in [1.54, 1.807) is 18.2 Å². The first-order chi connectivity index (χ1) is 9.51. The average molecular weight is 282 g/mol. The second-order valence-corrected chi connectivity index (χ2v) is 4.94. The lowest BCUT2D eigenvalue weighted by Gasteiger charge is -2.21. The number of anilines is 1. The standard InChI is InChI=1S/C14H22N2O4/c1-4-8-20-13-7-5-6-11(14(13)16(18)19)15-12(9-17)10(2)3/h5-7,10,12,15,17H,4,8-9H2,1-3H3/t12-/m1/s1. The summed E-state index contributed by atoms with van der Waals surface area (Å²) >= 11 is 0. The largest absolute Gasteiger partial charge is 0.487 e. The Hall–Kier alpha value is -1.82. The first-order valence-corrected chi connectivity index (χ1v) is 6.78. The van der Waals surface area contributed by atoms with Crippen molar-refractivity contribution in [2.75, 3.05) is 18.5 Å². The van der Waals surface area contributed by atoms with Crippen LogP contribution in [0.5, 0.6) is 5.75 Å². The summed E-state index contributed by atoms with van der Waals surface area (Å²) in [5.74, 6) is 0.405. The Morgan fingerprint density at radius 1 is 1.45 bits per heavy atom. The van der Waals surface area contributed by atoms with Gasteiger partial charge < -0.3 is 15.2 Å². The number of aliphatic hydroxyl groups is 1. The van der Waals surface area contributed by atoms with Gasteiger partial charge in [0.25, 0.3) is 0 Å². The van der Waals surface area contributed by atoms with Gasteiger partial charge in [0.05, 0.1) is 24.2 Å². The smallest absolute Gasteiger partial charge is 0.333 e. The Labute approximate surface area is 118 Å². The molecular formula is C14H22N2O4. The van der Waals surface area contributed by atoms with Crippen molar-refractivity contribution in [2.24, 2.45) is 5.92 Å². The first kappa shape index (κ1) is 16.2. The molecule has 0 spiro atoms. The van der Waals surface area contributed by atoms with Crippen LogP contribution < -0.4 is 10.1 Å². The maximum atomic E-state index is 11.3. The average Bonchev–Trinajstić information content (AvgIpc) is 2.41. The molecular weight excluding hydrogens is 260 g/mol. The van der Waals surface area contributed by atoms with Gasteiger partial charge in [0, 0.05) is 0 Å². The number of rotatable bonds is 8. The Morgan fingerprint density at radius 3 is 2.65 bits per heavy atom. The Morgan fingerprint density at radius 2 is 2.15 bits per heavy atom. The van der Waals surface area contributed by atoms with Crippen LogP contribution in [0.2, 0.25) is 0 Å². The highest BCUT2D eigenvalue weighted by atomic mass is 16.6. The van der Waals surface area contributed by atoms with E-state index in [-0.39, 0.29) is 30.0 Å². The highest BCUT2D eigenvalue weighted by Gasteiger charge is 2.23. The number of aliphatic hydroxyl groups excluding tert-OH is 1. The van der Waals surface area contributed by atoms with Crippen LogP contribution in [-0.2, 0) is 0 Å². The van der Waals surface area contributed by atoms with Crippen LogP contribution in [0.4, 0.5) is 11.4 Å². The highest BCUT2D eigenvalue weighted by Crippen LogP contribution is 2.35. The summed E-state index contributed by atoms with van der Waals surface area (Å²) in [7, 11) is 0.